The number of benzene rings is 1. The molecule has 0 heterocycles. The van der Waals surface area contributed by atoms with E-state index in [1.165, 1.54) is 6.92 Å². The van der Waals surface area contributed by atoms with E-state index in [1.807, 2.05) is 39.8 Å². The number of hydrogen-bond donors (Lipinski definition) is 3. The molecule has 3 N–H and O–H groups in total. The summed E-state index contributed by atoms with van der Waals surface area (Å²) in [6.45, 7) is 8.78. The zero-order chi connectivity index (χ0) is 16.2. The average Bonchev–Trinajstić information content (AvgIpc) is 2.31. The van der Waals surface area contributed by atoms with Crippen molar-refractivity contribution < 1.29 is 9.59 Å². The van der Waals surface area contributed by atoms with E-state index in [1.54, 1.807) is 6.07 Å². The zero-order valence-corrected chi connectivity index (χ0v) is 13.8. The molecule has 0 bridgehead atoms. The highest BCUT2D eigenvalue weighted by Gasteiger charge is 2.21. The molecular formula is C15H21N3O2S. The van der Waals surface area contributed by atoms with Gasteiger partial charge in [0, 0.05) is 23.7 Å². The first-order chi connectivity index (χ1) is 9.59. The van der Waals surface area contributed by atoms with Gasteiger partial charge in [-0.15, -0.1) is 0 Å². The first kappa shape index (κ1) is 17.1. The molecule has 2 amide bonds. The lowest BCUT2D eigenvalue weighted by Crippen LogP contribution is -2.41. The Balaban J connectivity index is 2.77. The second-order valence-corrected chi connectivity index (χ2v) is 6.28. The van der Waals surface area contributed by atoms with Gasteiger partial charge in [0.15, 0.2) is 5.11 Å². The van der Waals surface area contributed by atoms with Crippen molar-refractivity contribution in [3.63, 3.8) is 0 Å². The van der Waals surface area contributed by atoms with Crippen LogP contribution in [0.5, 0.6) is 0 Å². The molecule has 1 aromatic rings. The van der Waals surface area contributed by atoms with E-state index in [2.05, 4.69) is 16.0 Å². The number of thiocarbonyl (C=S) groups is 1. The number of carbonyl (C=O) groups is 2. The molecule has 0 unspecified atom stereocenters. The van der Waals surface area contributed by atoms with E-state index in [0.717, 1.165) is 5.56 Å². The first-order valence-corrected chi connectivity index (χ1v) is 7.01. The van der Waals surface area contributed by atoms with Crippen LogP contribution in [0, 0.1) is 12.3 Å². The molecule has 5 nitrogen and oxygen atoms in total. The third-order valence-corrected chi connectivity index (χ3v) is 2.92. The van der Waals surface area contributed by atoms with Crippen molar-refractivity contribution in [2.75, 3.05) is 10.6 Å². The van der Waals surface area contributed by atoms with E-state index in [4.69, 9.17) is 12.2 Å². The van der Waals surface area contributed by atoms with Gasteiger partial charge in [0.05, 0.1) is 0 Å². The molecule has 1 aromatic carbocycles. The molecule has 0 aliphatic heterocycles. The maximum atomic E-state index is 11.8. The molecule has 0 fully saturated rings. The Hall–Kier alpha value is -1.95. The standard InChI is InChI=1S/C15H21N3O2S/c1-9-6-7-11(8-12(9)16-10(2)19)17-14(21)18-13(20)15(3,4)5/h6-8H,1-5H3,(H,16,19)(H2,17,18,20,21). The molecule has 114 valence electrons. The quantitative estimate of drug-likeness (QED) is 0.735. The lowest BCUT2D eigenvalue weighted by Gasteiger charge is -2.19. The molecule has 0 atom stereocenters. The summed E-state index contributed by atoms with van der Waals surface area (Å²) in [5, 5.41) is 8.54. The fourth-order valence-electron chi connectivity index (χ4n) is 1.48. The van der Waals surface area contributed by atoms with Gasteiger partial charge in [-0.3, -0.25) is 9.59 Å². The summed E-state index contributed by atoms with van der Waals surface area (Å²) in [7, 11) is 0. The maximum Gasteiger partial charge on any atom is 0.231 e. The zero-order valence-electron chi connectivity index (χ0n) is 13.0. The third kappa shape index (κ3) is 5.51. The Morgan fingerprint density at radius 2 is 1.76 bits per heavy atom. The summed E-state index contributed by atoms with van der Waals surface area (Å²) < 4.78 is 0. The van der Waals surface area contributed by atoms with Gasteiger partial charge in [0.1, 0.15) is 0 Å². The number of amides is 2. The first-order valence-electron chi connectivity index (χ1n) is 6.60. The molecule has 0 aliphatic carbocycles. The fourth-order valence-corrected chi connectivity index (χ4v) is 1.69. The Morgan fingerprint density at radius 3 is 2.29 bits per heavy atom. The second-order valence-electron chi connectivity index (χ2n) is 5.87. The van der Waals surface area contributed by atoms with Crippen LogP contribution < -0.4 is 16.0 Å². The van der Waals surface area contributed by atoms with E-state index in [9.17, 15) is 9.59 Å². The van der Waals surface area contributed by atoms with Crippen molar-refractivity contribution in [3.05, 3.63) is 23.8 Å². The summed E-state index contributed by atoms with van der Waals surface area (Å²) >= 11 is 5.11. The van der Waals surface area contributed by atoms with E-state index >= 15 is 0 Å². The average molecular weight is 307 g/mol. The third-order valence-electron chi connectivity index (χ3n) is 2.71. The molecule has 0 aliphatic rings. The minimum absolute atomic E-state index is 0.140. The van der Waals surface area contributed by atoms with Gasteiger partial charge < -0.3 is 16.0 Å². The SMILES string of the molecule is CC(=O)Nc1cc(NC(=S)NC(=O)C(C)(C)C)ccc1C. The van der Waals surface area contributed by atoms with Gasteiger partial charge in [-0.1, -0.05) is 26.8 Å². The van der Waals surface area contributed by atoms with Gasteiger partial charge in [-0.05, 0) is 36.8 Å². The highest BCUT2D eigenvalue weighted by Crippen LogP contribution is 2.20. The van der Waals surface area contributed by atoms with Crippen LogP contribution in [0.15, 0.2) is 18.2 Å². The Bertz CT molecular complexity index is 577. The van der Waals surface area contributed by atoms with Crippen LogP contribution >= 0.6 is 12.2 Å². The minimum atomic E-state index is -0.514. The summed E-state index contributed by atoms with van der Waals surface area (Å²) in [4.78, 5) is 23.0. The predicted molar refractivity (Wildman–Crippen MR) is 89.3 cm³/mol. The maximum absolute atomic E-state index is 11.8. The Labute approximate surface area is 130 Å². The summed E-state index contributed by atoms with van der Waals surface area (Å²) in [6.07, 6.45) is 0. The summed E-state index contributed by atoms with van der Waals surface area (Å²) in [5.41, 5.74) is 1.83. The van der Waals surface area contributed by atoms with E-state index in [0.29, 0.717) is 11.4 Å². The molecule has 21 heavy (non-hydrogen) atoms. The van der Waals surface area contributed by atoms with Crippen molar-refractivity contribution in [1.29, 1.82) is 0 Å². The largest absolute Gasteiger partial charge is 0.332 e. The van der Waals surface area contributed by atoms with Crippen molar-refractivity contribution in [1.82, 2.24) is 5.32 Å². The summed E-state index contributed by atoms with van der Waals surface area (Å²) in [5.74, 6) is -0.298. The van der Waals surface area contributed by atoms with Gasteiger partial charge in [0.2, 0.25) is 11.8 Å². The van der Waals surface area contributed by atoms with Crippen LogP contribution in [0.2, 0.25) is 0 Å². The van der Waals surface area contributed by atoms with E-state index in [-0.39, 0.29) is 16.9 Å². The monoisotopic (exact) mass is 307 g/mol. The van der Waals surface area contributed by atoms with E-state index < -0.39 is 5.41 Å². The van der Waals surface area contributed by atoms with Crippen molar-refractivity contribution in [3.8, 4) is 0 Å². The van der Waals surface area contributed by atoms with Crippen LogP contribution in [0.25, 0.3) is 0 Å². The van der Waals surface area contributed by atoms with Gasteiger partial charge in [-0.2, -0.15) is 0 Å². The van der Waals surface area contributed by atoms with Crippen molar-refractivity contribution >= 4 is 40.5 Å². The highest BCUT2D eigenvalue weighted by atomic mass is 32.1. The van der Waals surface area contributed by atoms with Crippen molar-refractivity contribution in [2.24, 2.45) is 5.41 Å². The smallest absolute Gasteiger partial charge is 0.231 e. The van der Waals surface area contributed by atoms with Crippen LogP contribution in [0.3, 0.4) is 0 Å². The highest BCUT2D eigenvalue weighted by molar-refractivity contribution is 7.80. The molecule has 0 spiro atoms. The number of nitrogens with one attached hydrogen (secondary N) is 3. The number of hydrogen-bond acceptors (Lipinski definition) is 3. The molecule has 6 heteroatoms. The molecule has 1 rings (SSSR count). The Kier molecular flexibility index (Phi) is 5.43. The van der Waals surface area contributed by atoms with Gasteiger partial charge >= 0.3 is 0 Å². The molecule has 0 saturated carbocycles. The van der Waals surface area contributed by atoms with Crippen LogP contribution in [0.1, 0.15) is 33.3 Å². The lowest BCUT2D eigenvalue weighted by atomic mass is 9.96. The fraction of sp³-hybridized carbons (Fsp3) is 0.400. The molecule has 0 aromatic heterocycles. The second kappa shape index (κ2) is 6.67. The van der Waals surface area contributed by atoms with Crippen LogP contribution in [0.4, 0.5) is 11.4 Å². The number of carbonyl (C=O) groups excluding carboxylic acids is 2. The predicted octanol–water partition coefficient (Wildman–Crippen LogP) is 2.81. The summed E-state index contributed by atoms with van der Waals surface area (Å²) in [6, 6.07) is 5.46. The number of rotatable bonds is 2. The van der Waals surface area contributed by atoms with Crippen LogP contribution in [-0.2, 0) is 9.59 Å². The Morgan fingerprint density at radius 1 is 1.14 bits per heavy atom. The van der Waals surface area contributed by atoms with Gasteiger partial charge in [0.25, 0.3) is 0 Å². The van der Waals surface area contributed by atoms with Crippen LogP contribution in [-0.4, -0.2) is 16.9 Å². The molecule has 0 saturated heterocycles. The van der Waals surface area contributed by atoms with Gasteiger partial charge in [-0.25, -0.2) is 0 Å². The number of aryl methyl sites for hydroxylation is 1. The van der Waals surface area contributed by atoms with Crippen molar-refractivity contribution in [2.45, 2.75) is 34.6 Å². The molecule has 0 radical (unpaired) electrons. The minimum Gasteiger partial charge on any atom is -0.332 e. The normalized spacial score (nSPS) is 10.7. The lowest BCUT2D eigenvalue weighted by molar-refractivity contribution is -0.126. The topological polar surface area (TPSA) is 70.2 Å². The number of anilines is 2. The molecular weight excluding hydrogens is 286 g/mol.